The fourth-order valence-corrected chi connectivity index (χ4v) is 6.97. The van der Waals surface area contributed by atoms with Crippen molar-refractivity contribution in [3.8, 4) is 0 Å². The van der Waals surface area contributed by atoms with E-state index in [1.54, 1.807) is 23.4 Å². The molecule has 2 heterocycles. The van der Waals surface area contributed by atoms with E-state index in [1.165, 1.54) is 5.56 Å². The fourth-order valence-electron chi connectivity index (χ4n) is 5.04. The molecule has 0 spiro atoms. The van der Waals surface area contributed by atoms with E-state index in [0.717, 1.165) is 31.6 Å². The van der Waals surface area contributed by atoms with Crippen molar-refractivity contribution in [1.29, 1.82) is 0 Å². The van der Waals surface area contributed by atoms with Gasteiger partial charge in [0.25, 0.3) is 0 Å². The molecule has 1 amide bonds. The van der Waals surface area contributed by atoms with E-state index in [1.807, 2.05) is 25.1 Å². The maximum Gasteiger partial charge on any atom is 0.250 e. The highest BCUT2D eigenvalue weighted by Gasteiger charge is 2.45. The number of nitrogens with two attached hydrogens (primary N) is 1. The Balaban J connectivity index is 1.40. The molecule has 4 rings (SSSR count). The third kappa shape index (κ3) is 4.54. The Morgan fingerprint density at radius 3 is 2.32 bits per heavy atom. The summed E-state index contributed by atoms with van der Waals surface area (Å²) in [4.78, 5) is 14.5. The third-order valence-corrected chi connectivity index (χ3v) is 8.47. The van der Waals surface area contributed by atoms with Gasteiger partial charge < -0.3 is 10.6 Å². The molecular formula is C24H30N3O3S. The van der Waals surface area contributed by atoms with Crippen LogP contribution in [0.4, 0.5) is 0 Å². The van der Waals surface area contributed by atoms with Gasteiger partial charge in [-0.2, -0.15) is 4.31 Å². The number of sulfonamides is 1. The zero-order chi connectivity index (χ0) is 22.2. The number of hydrogen-bond donors (Lipinski definition) is 1. The molecule has 6 nitrogen and oxygen atoms in total. The molecule has 2 atom stereocenters. The second-order valence-electron chi connectivity index (χ2n) is 8.83. The largest absolute Gasteiger partial charge is 0.366 e. The van der Waals surface area contributed by atoms with Crippen LogP contribution in [0.1, 0.15) is 33.5 Å². The topological polar surface area (TPSA) is 83.7 Å². The molecule has 0 aromatic heterocycles. The van der Waals surface area contributed by atoms with Gasteiger partial charge >= 0.3 is 0 Å². The van der Waals surface area contributed by atoms with Gasteiger partial charge in [-0.1, -0.05) is 36.4 Å². The quantitative estimate of drug-likeness (QED) is 0.717. The number of rotatable bonds is 7. The number of hydrogen-bond acceptors (Lipinski definition) is 4. The van der Waals surface area contributed by atoms with Gasteiger partial charge in [0, 0.05) is 26.2 Å². The first-order valence-electron chi connectivity index (χ1n) is 10.8. The first-order valence-corrected chi connectivity index (χ1v) is 12.2. The SMILES string of the molecule is Cc1cc(C)c(S(=O)(=O)N2CC3CN(CC[CH]c4ccccc4)C[C@H]3C2)c(C(N)=O)c1. The minimum Gasteiger partial charge on any atom is -0.366 e. The van der Waals surface area contributed by atoms with E-state index in [4.69, 9.17) is 5.73 Å². The lowest BCUT2D eigenvalue weighted by Gasteiger charge is -2.23. The maximum atomic E-state index is 13.4. The summed E-state index contributed by atoms with van der Waals surface area (Å²) in [5.41, 5.74) is 8.24. The maximum absolute atomic E-state index is 13.4. The van der Waals surface area contributed by atoms with Gasteiger partial charge in [0.15, 0.2) is 0 Å². The van der Waals surface area contributed by atoms with Gasteiger partial charge in [-0.25, -0.2) is 8.42 Å². The summed E-state index contributed by atoms with van der Waals surface area (Å²) < 4.78 is 28.4. The average Bonchev–Trinajstić information content (AvgIpc) is 3.27. The summed E-state index contributed by atoms with van der Waals surface area (Å²) in [5, 5.41) is 0. The number of benzene rings is 2. The zero-order valence-corrected chi connectivity index (χ0v) is 18.9. The molecule has 2 saturated heterocycles. The van der Waals surface area contributed by atoms with Crippen LogP contribution in [-0.2, 0) is 10.0 Å². The molecule has 2 aliphatic rings. The molecule has 1 radical (unpaired) electrons. The Kier molecular flexibility index (Phi) is 6.19. The Labute approximate surface area is 185 Å². The van der Waals surface area contributed by atoms with E-state index in [-0.39, 0.29) is 10.5 Å². The summed E-state index contributed by atoms with van der Waals surface area (Å²) in [6.07, 6.45) is 3.23. The van der Waals surface area contributed by atoms with Crippen molar-refractivity contribution in [2.45, 2.75) is 25.2 Å². The van der Waals surface area contributed by atoms with Crippen LogP contribution in [0.15, 0.2) is 47.4 Å². The summed E-state index contributed by atoms with van der Waals surface area (Å²) in [7, 11) is -3.77. The highest BCUT2D eigenvalue weighted by atomic mass is 32.2. The second kappa shape index (κ2) is 8.73. The van der Waals surface area contributed by atoms with Crippen molar-refractivity contribution in [2.75, 3.05) is 32.7 Å². The molecule has 0 aliphatic carbocycles. The number of primary amides is 1. The minimum absolute atomic E-state index is 0.0693. The summed E-state index contributed by atoms with van der Waals surface area (Å²) in [6, 6.07) is 13.7. The molecule has 2 aromatic carbocycles. The van der Waals surface area contributed by atoms with Gasteiger partial charge in [-0.15, -0.1) is 0 Å². The van der Waals surface area contributed by atoms with E-state index < -0.39 is 15.9 Å². The van der Waals surface area contributed by atoms with Crippen molar-refractivity contribution >= 4 is 15.9 Å². The zero-order valence-electron chi connectivity index (χ0n) is 18.1. The highest BCUT2D eigenvalue weighted by Crippen LogP contribution is 2.36. The normalized spacial score (nSPS) is 22.0. The molecule has 31 heavy (non-hydrogen) atoms. The Hall–Kier alpha value is -2.22. The second-order valence-corrected chi connectivity index (χ2v) is 10.7. The molecule has 1 unspecified atom stereocenters. The molecule has 0 bridgehead atoms. The van der Waals surface area contributed by atoms with Gasteiger partial charge in [0.2, 0.25) is 15.9 Å². The Bertz CT molecular complexity index is 1050. The number of nitrogens with zero attached hydrogens (tertiary/aromatic N) is 2. The summed E-state index contributed by atoms with van der Waals surface area (Å²) in [6.45, 7) is 7.37. The Morgan fingerprint density at radius 2 is 1.71 bits per heavy atom. The van der Waals surface area contributed by atoms with Crippen molar-refractivity contribution in [2.24, 2.45) is 17.6 Å². The lowest BCUT2D eigenvalue weighted by Crippen LogP contribution is -2.35. The van der Waals surface area contributed by atoms with Crippen LogP contribution in [0.25, 0.3) is 0 Å². The first kappa shape index (κ1) is 22.0. The summed E-state index contributed by atoms with van der Waals surface area (Å²) in [5.74, 6) is -0.0471. The molecule has 2 aliphatic heterocycles. The van der Waals surface area contributed by atoms with Crippen LogP contribution in [0, 0.1) is 32.1 Å². The van der Waals surface area contributed by atoms with Crippen LogP contribution >= 0.6 is 0 Å². The van der Waals surface area contributed by atoms with Gasteiger partial charge in [-0.05, 0) is 67.8 Å². The summed E-state index contributed by atoms with van der Waals surface area (Å²) >= 11 is 0. The van der Waals surface area contributed by atoms with Crippen molar-refractivity contribution in [3.05, 3.63) is 71.1 Å². The van der Waals surface area contributed by atoms with Crippen LogP contribution in [0.5, 0.6) is 0 Å². The van der Waals surface area contributed by atoms with Crippen LogP contribution < -0.4 is 5.73 Å². The Morgan fingerprint density at radius 1 is 1.06 bits per heavy atom. The lowest BCUT2D eigenvalue weighted by atomic mass is 10.0. The lowest BCUT2D eigenvalue weighted by molar-refractivity contribution is 0.0996. The third-order valence-electron chi connectivity index (χ3n) is 6.44. The predicted octanol–water partition coefficient (Wildman–Crippen LogP) is 2.60. The first-order chi connectivity index (χ1) is 14.8. The van der Waals surface area contributed by atoms with Crippen molar-refractivity contribution < 1.29 is 13.2 Å². The van der Waals surface area contributed by atoms with E-state index in [0.29, 0.717) is 30.5 Å². The van der Waals surface area contributed by atoms with E-state index in [9.17, 15) is 13.2 Å². The number of amides is 1. The minimum atomic E-state index is -3.77. The van der Waals surface area contributed by atoms with Crippen LogP contribution in [0.2, 0.25) is 0 Å². The number of aryl methyl sites for hydroxylation is 2. The molecule has 2 N–H and O–H groups in total. The molecule has 2 fully saturated rings. The number of carbonyl (C=O) groups is 1. The molecular weight excluding hydrogens is 410 g/mol. The number of fused-ring (bicyclic) bond motifs is 1. The van der Waals surface area contributed by atoms with Gasteiger partial charge in [0.1, 0.15) is 0 Å². The van der Waals surface area contributed by atoms with Gasteiger partial charge in [-0.3, -0.25) is 4.79 Å². The van der Waals surface area contributed by atoms with Crippen molar-refractivity contribution in [3.63, 3.8) is 0 Å². The number of likely N-dealkylation sites (tertiary alicyclic amines) is 1. The standard InChI is InChI=1S/C24H30N3O3S/c1-17-11-18(2)23(22(12-17)24(25)28)31(29,30)27-15-20-13-26(14-21(20)16-27)10-6-9-19-7-4-3-5-8-19/h3-5,7-9,11-12,20-21H,6,10,13-16H2,1-2H3,(H2,25,28)/t20-,21?/m0/s1. The molecule has 0 saturated carbocycles. The van der Waals surface area contributed by atoms with Crippen molar-refractivity contribution in [1.82, 2.24) is 9.21 Å². The van der Waals surface area contributed by atoms with Gasteiger partial charge in [0.05, 0.1) is 10.5 Å². The molecule has 2 aromatic rings. The average molecular weight is 441 g/mol. The van der Waals surface area contributed by atoms with E-state index in [2.05, 4.69) is 23.5 Å². The van der Waals surface area contributed by atoms with E-state index >= 15 is 0 Å². The van der Waals surface area contributed by atoms with Crippen LogP contribution in [-0.4, -0.2) is 56.3 Å². The highest BCUT2D eigenvalue weighted by molar-refractivity contribution is 7.89. The molecule has 7 heteroatoms. The predicted molar refractivity (Wildman–Crippen MR) is 121 cm³/mol. The molecule has 165 valence electrons. The monoisotopic (exact) mass is 440 g/mol. The smallest absolute Gasteiger partial charge is 0.250 e. The van der Waals surface area contributed by atoms with Crippen LogP contribution in [0.3, 0.4) is 0 Å². The fraction of sp³-hybridized carbons (Fsp3) is 0.417. The number of carbonyl (C=O) groups excluding carboxylic acids is 1.